The number of nitrogens with zero attached hydrogens (tertiary/aromatic N) is 1. The fourth-order valence-corrected chi connectivity index (χ4v) is 2.87. The minimum atomic E-state index is -0.811. The van der Waals surface area contributed by atoms with Crippen molar-refractivity contribution in [3.05, 3.63) is 71.8 Å². The number of hydrogen-bond acceptors (Lipinski definition) is 5. The number of anilines is 1. The van der Waals surface area contributed by atoms with Gasteiger partial charge in [0.1, 0.15) is 5.57 Å². The van der Waals surface area contributed by atoms with Crippen LogP contribution in [0.25, 0.3) is 6.08 Å². The number of phenolic OH excluding ortho intramolecular Hbond substituents is 1. The van der Waals surface area contributed by atoms with Crippen molar-refractivity contribution < 1.29 is 24.2 Å². The third kappa shape index (κ3) is 3.50. The minimum Gasteiger partial charge on any atom is -0.504 e. The maximum absolute atomic E-state index is 12.9. The van der Waals surface area contributed by atoms with Crippen LogP contribution in [0.15, 0.2) is 60.7 Å². The number of ether oxygens (including phenoxy) is 1. The number of hydrogen-bond donors (Lipinski definition) is 2. The maximum Gasteiger partial charge on any atom is 0.335 e. The molecule has 0 aromatic heterocycles. The zero-order valence-electron chi connectivity index (χ0n) is 15.1. The van der Waals surface area contributed by atoms with Crippen LogP contribution in [-0.2, 0) is 16.0 Å². The smallest absolute Gasteiger partial charge is 0.335 e. The standard InChI is InChI=1S/C21H18N2O5/c1-3-7-14-10-13(12-17(28-2)18(14)24)11-16-19(25)22-21(27)23(20(16)26)15-8-5-4-6-9-15/h3-6,8-12,24H,1,7H2,2H3,(H,22,25,27)/b16-11+. The Morgan fingerprint density at radius 1 is 1.18 bits per heavy atom. The Balaban J connectivity index is 2.06. The second kappa shape index (κ2) is 7.79. The topological polar surface area (TPSA) is 95.9 Å². The Morgan fingerprint density at radius 2 is 1.89 bits per heavy atom. The van der Waals surface area contributed by atoms with Crippen molar-refractivity contribution in [3.8, 4) is 11.5 Å². The molecule has 0 unspecified atom stereocenters. The summed E-state index contributed by atoms with van der Waals surface area (Å²) in [6.45, 7) is 3.64. The van der Waals surface area contributed by atoms with E-state index in [0.717, 1.165) is 4.90 Å². The molecule has 4 amide bonds. The fraction of sp³-hybridized carbons (Fsp3) is 0.0952. The number of methoxy groups -OCH3 is 1. The number of imide groups is 2. The summed E-state index contributed by atoms with van der Waals surface area (Å²) in [6, 6.07) is 10.6. The highest BCUT2D eigenvalue weighted by Gasteiger charge is 2.36. The lowest BCUT2D eigenvalue weighted by Gasteiger charge is -2.26. The molecule has 7 nitrogen and oxygen atoms in total. The lowest BCUT2D eigenvalue weighted by molar-refractivity contribution is -0.122. The van der Waals surface area contributed by atoms with E-state index >= 15 is 0 Å². The van der Waals surface area contributed by atoms with E-state index in [2.05, 4.69) is 11.9 Å². The number of nitrogens with one attached hydrogen (secondary N) is 1. The molecule has 3 rings (SSSR count). The Hall–Kier alpha value is -3.87. The van der Waals surface area contributed by atoms with Gasteiger partial charge in [-0.15, -0.1) is 6.58 Å². The Bertz CT molecular complexity index is 995. The number of allylic oxidation sites excluding steroid dienone is 1. The molecule has 2 aromatic carbocycles. The predicted octanol–water partition coefficient (Wildman–Crippen LogP) is 2.80. The van der Waals surface area contributed by atoms with Gasteiger partial charge >= 0.3 is 6.03 Å². The van der Waals surface area contributed by atoms with Crippen LogP contribution >= 0.6 is 0 Å². The lowest BCUT2D eigenvalue weighted by Crippen LogP contribution is -2.54. The van der Waals surface area contributed by atoms with E-state index < -0.39 is 17.8 Å². The molecule has 0 saturated carbocycles. The van der Waals surface area contributed by atoms with Gasteiger partial charge < -0.3 is 9.84 Å². The normalized spacial score (nSPS) is 15.5. The molecule has 142 valence electrons. The van der Waals surface area contributed by atoms with Gasteiger partial charge in [0, 0.05) is 5.56 Å². The maximum atomic E-state index is 12.9. The lowest BCUT2D eigenvalue weighted by atomic mass is 10.0. The average molecular weight is 378 g/mol. The molecule has 2 aromatic rings. The molecule has 0 atom stereocenters. The second-order valence-electron chi connectivity index (χ2n) is 6.02. The minimum absolute atomic E-state index is 0.0370. The summed E-state index contributed by atoms with van der Waals surface area (Å²) in [5, 5.41) is 12.4. The van der Waals surface area contributed by atoms with Crippen LogP contribution in [-0.4, -0.2) is 30.1 Å². The molecule has 2 N–H and O–H groups in total. The molecule has 1 heterocycles. The molecule has 0 radical (unpaired) electrons. The molecular formula is C21H18N2O5. The van der Waals surface area contributed by atoms with Crippen molar-refractivity contribution in [1.29, 1.82) is 0 Å². The third-order valence-corrected chi connectivity index (χ3v) is 4.19. The monoisotopic (exact) mass is 378 g/mol. The van der Waals surface area contributed by atoms with E-state index in [9.17, 15) is 19.5 Å². The van der Waals surface area contributed by atoms with Gasteiger partial charge in [-0.2, -0.15) is 0 Å². The van der Waals surface area contributed by atoms with Crippen molar-refractivity contribution >= 4 is 29.6 Å². The number of amides is 4. The van der Waals surface area contributed by atoms with Crippen LogP contribution in [0.4, 0.5) is 10.5 Å². The molecule has 1 fully saturated rings. The van der Waals surface area contributed by atoms with E-state index in [1.54, 1.807) is 42.5 Å². The summed E-state index contributed by atoms with van der Waals surface area (Å²) < 4.78 is 5.16. The van der Waals surface area contributed by atoms with Crippen LogP contribution in [0.5, 0.6) is 11.5 Å². The van der Waals surface area contributed by atoms with Crippen molar-refractivity contribution in [2.75, 3.05) is 12.0 Å². The van der Waals surface area contributed by atoms with E-state index in [0.29, 0.717) is 23.2 Å². The van der Waals surface area contributed by atoms with Crippen molar-refractivity contribution in [1.82, 2.24) is 5.32 Å². The highest BCUT2D eigenvalue weighted by Crippen LogP contribution is 2.33. The van der Waals surface area contributed by atoms with Gasteiger partial charge in [0.05, 0.1) is 12.8 Å². The molecule has 28 heavy (non-hydrogen) atoms. The molecular weight excluding hydrogens is 360 g/mol. The number of benzene rings is 2. The summed E-state index contributed by atoms with van der Waals surface area (Å²) in [5.41, 5.74) is 1.13. The third-order valence-electron chi connectivity index (χ3n) is 4.19. The van der Waals surface area contributed by atoms with Crippen molar-refractivity contribution in [3.63, 3.8) is 0 Å². The summed E-state index contributed by atoms with van der Waals surface area (Å²) >= 11 is 0. The number of urea groups is 1. The van der Waals surface area contributed by atoms with Gasteiger partial charge in [-0.25, -0.2) is 9.69 Å². The molecule has 0 bridgehead atoms. The van der Waals surface area contributed by atoms with Gasteiger partial charge in [0.2, 0.25) is 0 Å². The first-order chi connectivity index (χ1) is 13.5. The zero-order valence-corrected chi connectivity index (χ0v) is 15.1. The quantitative estimate of drug-likeness (QED) is 0.474. The molecule has 1 saturated heterocycles. The van der Waals surface area contributed by atoms with E-state index in [1.807, 2.05) is 0 Å². The number of para-hydroxylation sites is 1. The van der Waals surface area contributed by atoms with Gasteiger partial charge in [-0.3, -0.25) is 14.9 Å². The number of barbiturate groups is 1. The first-order valence-electron chi connectivity index (χ1n) is 8.43. The molecule has 1 aliphatic rings. The first-order valence-corrected chi connectivity index (χ1v) is 8.43. The number of carbonyl (C=O) groups excluding carboxylic acids is 3. The zero-order chi connectivity index (χ0) is 20.3. The van der Waals surface area contributed by atoms with Crippen molar-refractivity contribution in [2.45, 2.75) is 6.42 Å². The first kappa shape index (κ1) is 18.9. The van der Waals surface area contributed by atoms with Gasteiger partial charge in [0.25, 0.3) is 11.8 Å². The largest absolute Gasteiger partial charge is 0.504 e. The number of rotatable bonds is 5. The summed E-state index contributed by atoms with van der Waals surface area (Å²) in [5.74, 6) is -1.37. The van der Waals surface area contributed by atoms with Crippen molar-refractivity contribution in [2.24, 2.45) is 0 Å². The second-order valence-corrected chi connectivity index (χ2v) is 6.02. The van der Waals surface area contributed by atoms with Crippen LogP contribution in [0.3, 0.4) is 0 Å². The van der Waals surface area contributed by atoms with Crippen LogP contribution in [0.2, 0.25) is 0 Å². The van der Waals surface area contributed by atoms with Gasteiger partial charge in [-0.05, 0) is 42.3 Å². The molecule has 0 spiro atoms. The Labute approximate surface area is 161 Å². The fourth-order valence-electron chi connectivity index (χ4n) is 2.87. The summed E-state index contributed by atoms with van der Waals surface area (Å²) in [4.78, 5) is 38.2. The predicted molar refractivity (Wildman–Crippen MR) is 104 cm³/mol. The van der Waals surface area contributed by atoms with Gasteiger partial charge in [-0.1, -0.05) is 24.3 Å². The van der Waals surface area contributed by atoms with Crippen LogP contribution in [0.1, 0.15) is 11.1 Å². The van der Waals surface area contributed by atoms with Gasteiger partial charge in [0.15, 0.2) is 11.5 Å². The molecule has 1 aliphatic heterocycles. The Kier molecular flexibility index (Phi) is 5.26. The number of carbonyl (C=O) groups is 3. The van der Waals surface area contributed by atoms with Crippen LogP contribution in [0, 0.1) is 0 Å². The average Bonchev–Trinajstić information content (AvgIpc) is 2.68. The van der Waals surface area contributed by atoms with E-state index in [1.165, 1.54) is 19.3 Å². The highest BCUT2D eigenvalue weighted by atomic mass is 16.5. The number of aromatic hydroxyl groups is 1. The van der Waals surface area contributed by atoms with E-state index in [4.69, 9.17) is 4.74 Å². The van der Waals surface area contributed by atoms with E-state index in [-0.39, 0.29) is 17.1 Å². The number of phenols is 1. The summed E-state index contributed by atoms with van der Waals surface area (Å²) in [7, 11) is 1.40. The molecule has 7 heteroatoms. The Morgan fingerprint density at radius 3 is 2.54 bits per heavy atom. The SMILES string of the molecule is C=CCc1cc(/C=C2\C(=O)NC(=O)N(c3ccccc3)C2=O)cc(OC)c1O. The summed E-state index contributed by atoms with van der Waals surface area (Å²) in [6.07, 6.45) is 3.34. The molecule has 0 aliphatic carbocycles. The highest BCUT2D eigenvalue weighted by molar-refractivity contribution is 6.39. The van der Waals surface area contributed by atoms with Crippen LogP contribution < -0.4 is 15.0 Å².